The average molecular weight is 370 g/mol. The Morgan fingerprint density at radius 3 is 2.38 bits per heavy atom. The van der Waals surface area contributed by atoms with Gasteiger partial charge in [0.25, 0.3) is 5.69 Å². The van der Waals surface area contributed by atoms with Crippen molar-refractivity contribution in [3.63, 3.8) is 0 Å². The van der Waals surface area contributed by atoms with Crippen LogP contribution in [-0.2, 0) is 12.3 Å². The molecule has 0 fully saturated rings. The van der Waals surface area contributed by atoms with Crippen LogP contribution in [0, 0.1) is 10.1 Å². The Morgan fingerprint density at radius 1 is 1.12 bits per heavy atom. The van der Waals surface area contributed by atoms with Crippen LogP contribution in [-0.4, -0.2) is 26.8 Å². The highest BCUT2D eigenvalue weighted by atomic mass is 32.2. The van der Waals surface area contributed by atoms with Crippen molar-refractivity contribution >= 4 is 17.4 Å². The molecule has 0 aliphatic heterocycles. The molecule has 26 heavy (non-hydrogen) atoms. The SMILES string of the molecule is CCn1c(SCc2ccc([N+](=O)[O-])cc2)nnc1-c1ccc(OC)cc1. The summed E-state index contributed by atoms with van der Waals surface area (Å²) in [4.78, 5) is 10.3. The zero-order chi connectivity index (χ0) is 18.5. The van der Waals surface area contributed by atoms with E-state index in [4.69, 9.17) is 4.74 Å². The molecule has 7 nitrogen and oxygen atoms in total. The maximum Gasteiger partial charge on any atom is 0.269 e. The topological polar surface area (TPSA) is 83.1 Å². The largest absolute Gasteiger partial charge is 0.497 e. The van der Waals surface area contributed by atoms with Crippen molar-refractivity contribution in [1.29, 1.82) is 0 Å². The molecular formula is C18H18N4O3S. The molecule has 0 atom stereocenters. The van der Waals surface area contributed by atoms with Crippen LogP contribution in [0.2, 0.25) is 0 Å². The summed E-state index contributed by atoms with van der Waals surface area (Å²) in [6, 6.07) is 14.3. The van der Waals surface area contributed by atoms with Crippen molar-refractivity contribution in [1.82, 2.24) is 14.8 Å². The molecule has 0 bridgehead atoms. The Bertz CT molecular complexity index is 892. The molecule has 3 rings (SSSR count). The van der Waals surface area contributed by atoms with Crippen molar-refractivity contribution in [2.75, 3.05) is 7.11 Å². The minimum atomic E-state index is -0.397. The third-order valence-electron chi connectivity index (χ3n) is 3.90. The molecule has 0 aliphatic carbocycles. The van der Waals surface area contributed by atoms with Gasteiger partial charge in [0.15, 0.2) is 11.0 Å². The summed E-state index contributed by atoms with van der Waals surface area (Å²) >= 11 is 1.56. The van der Waals surface area contributed by atoms with Gasteiger partial charge in [0.05, 0.1) is 12.0 Å². The molecule has 134 valence electrons. The summed E-state index contributed by atoms with van der Waals surface area (Å²) < 4.78 is 7.24. The number of benzene rings is 2. The van der Waals surface area contributed by atoms with Gasteiger partial charge in [0.2, 0.25) is 0 Å². The lowest BCUT2D eigenvalue weighted by Gasteiger charge is -2.08. The van der Waals surface area contributed by atoms with Gasteiger partial charge in [-0.2, -0.15) is 0 Å². The smallest absolute Gasteiger partial charge is 0.269 e. The van der Waals surface area contributed by atoms with E-state index in [-0.39, 0.29) is 5.69 Å². The van der Waals surface area contributed by atoms with Crippen molar-refractivity contribution in [3.05, 3.63) is 64.2 Å². The lowest BCUT2D eigenvalue weighted by atomic mass is 10.2. The monoisotopic (exact) mass is 370 g/mol. The summed E-state index contributed by atoms with van der Waals surface area (Å²) in [6.07, 6.45) is 0. The summed E-state index contributed by atoms with van der Waals surface area (Å²) in [5.74, 6) is 2.27. The molecule has 0 unspecified atom stereocenters. The molecular weight excluding hydrogens is 352 g/mol. The fourth-order valence-electron chi connectivity index (χ4n) is 2.50. The summed E-state index contributed by atoms with van der Waals surface area (Å²) in [5, 5.41) is 20.2. The minimum absolute atomic E-state index is 0.0947. The maximum atomic E-state index is 10.7. The molecule has 0 N–H and O–H groups in total. The minimum Gasteiger partial charge on any atom is -0.497 e. The number of nitro benzene ring substituents is 1. The van der Waals surface area contributed by atoms with E-state index in [2.05, 4.69) is 14.8 Å². The van der Waals surface area contributed by atoms with Crippen LogP contribution in [0.15, 0.2) is 53.7 Å². The lowest BCUT2D eigenvalue weighted by Crippen LogP contribution is -2.00. The predicted molar refractivity (Wildman–Crippen MR) is 100 cm³/mol. The van der Waals surface area contributed by atoms with Gasteiger partial charge in [-0.25, -0.2) is 0 Å². The second-order valence-corrected chi connectivity index (χ2v) is 6.43. The van der Waals surface area contributed by atoms with Crippen molar-refractivity contribution in [2.45, 2.75) is 24.4 Å². The molecule has 0 aliphatic rings. The average Bonchev–Trinajstić information content (AvgIpc) is 3.09. The van der Waals surface area contributed by atoms with Gasteiger partial charge < -0.3 is 9.30 Å². The number of ether oxygens (including phenoxy) is 1. The zero-order valence-electron chi connectivity index (χ0n) is 14.5. The van der Waals surface area contributed by atoms with E-state index in [1.807, 2.05) is 31.2 Å². The number of aromatic nitrogens is 3. The van der Waals surface area contributed by atoms with E-state index in [9.17, 15) is 10.1 Å². The Balaban J connectivity index is 1.76. The number of rotatable bonds is 7. The van der Waals surface area contributed by atoms with Gasteiger partial charge in [-0.15, -0.1) is 10.2 Å². The Morgan fingerprint density at radius 2 is 1.81 bits per heavy atom. The molecule has 0 spiro atoms. The highest BCUT2D eigenvalue weighted by molar-refractivity contribution is 7.98. The number of hydrogen-bond acceptors (Lipinski definition) is 6. The number of hydrogen-bond donors (Lipinski definition) is 0. The van der Waals surface area contributed by atoms with E-state index in [1.165, 1.54) is 12.1 Å². The van der Waals surface area contributed by atoms with Gasteiger partial charge >= 0.3 is 0 Å². The normalized spacial score (nSPS) is 10.7. The van der Waals surface area contributed by atoms with Crippen LogP contribution >= 0.6 is 11.8 Å². The third-order valence-corrected chi connectivity index (χ3v) is 4.93. The van der Waals surface area contributed by atoms with Gasteiger partial charge in [-0.3, -0.25) is 10.1 Å². The van der Waals surface area contributed by atoms with E-state index in [1.54, 1.807) is 31.0 Å². The van der Waals surface area contributed by atoms with Crippen LogP contribution in [0.4, 0.5) is 5.69 Å². The van der Waals surface area contributed by atoms with E-state index in [0.717, 1.165) is 34.4 Å². The fraction of sp³-hybridized carbons (Fsp3) is 0.222. The zero-order valence-corrected chi connectivity index (χ0v) is 15.3. The van der Waals surface area contributed by atoms with Crippen LogP contribution < -0.4 is 4.74 Å². The van der Waals surface area contributed by atoms with Gasteiger partial charge in [0.1, 0.15) is 5.75 Å². The van der Waals surface area contributed by atoms with Crippen LogP contribution in [0.3, 0.4) is 0 Å². The first-order valence-electron chi connectivity index (χ1n) is 8.06. The number of nitro groups is 1. The first kappa shape index (κ1) is 17.9. The standard InChI is InChI=1S/C18H18N4O3S/c1-3-21-17(14-6-10-16(25-2)11-7-14)19-20-18(21)26-12-13-4-8-15(9-5-13)22(23)24/h4-11H,3,12H2,1-2H3. The van der Waals surface area contributed by atoms with Gasteiger partial charge in [-0.1, -0.05) is 23.9 Å². The Kier molecular flexibility index (Phi) is 5.52. The summed E-state index contributed by atoms with van der Waals surface area (Å²) in [6.45, 7) is 2.79. The Labute approximate surface area is 155 Å². The molecule has 0 amide bonds. The van der Waals surface area contributed by atoms with Crippen molar-refractivity contribution < 1.29 is 9.66 Å². The highest BCUT2D eigenvalue weighted by Gasteiger charge is 2.13. The van der Waals surface area contributed by atoms with Crippen molar-refractivity contribution in [3.8, 4) is 17.1 Å². The number of methoxy groups -OCH3 is 1. The Hall–Kier alpha value is -2.87. The van der Waals surface area contributed by atoms with Crippen LogP contribution in [0.1, 0.15) is 12.5 Å². The van der Waals surface area contributed by atoms with Gasteiger partial charge in [0, 0.05) is 30.0 Å². The number of non-ortho nitro benzene ring substituents is 1. The molecule has 1 heterocycles. The van der Waals surface area contributed by atoms with E-state index >= 15 is 0 Å². The molecule has 0 saturated carbocycles. The summed E-state index contributed by atoms with van der Waals surface area (Å²) in [7, 11) is 1.64. The fourth-order valence-corrected chi connectivity index (χ4v) is 3.45. The molecule has 0 radical (unpaired) electrons. The van der Waals surface area contributed by atoms with Crippen LogP contribution in [0.25, 0.3) is 11.4 Å². The number of thioether (sulfide) groups is 1. The summed E-state index contributed by atoms with van der Waals surface area (Å²) in [5.41, 5.74) is 2.07. The first-order valence-corrected chi connectivity index (χ1v) is 9.04. The lowest BCUT2D eigenvalue weighted by molar-refractivity contribution is -0.384. The quantitative estimate of drug-likeness (QED) is 0.352. The van der Waals surface area contributed by atoms with E-state index in [0.29, 0.717) is 5.75 Å². The molecule has 0 saturated heterocycles. The maximum absolute atomic E-state index is 10.7. The van der Waals surface area contributed by atoms with Crippen molar-refractivity contribution in [2.24, 2.45) is 0 Å². The third kappa shape index (κ3) is 3.85. The number of nitrogens with zero attached hydrogens (tertiary/aromatic N) is 4. The first-order chi connectivity index (χ1) is 12.6. The molecule has 1 aromatic heterocycles. The van der Waals surface area contributed by atoms with Gasteiger partial charge in [-0.05, 0) is 36.8 Å². The second-order valence-electron chi connectivity index (χ2n) is 5.49. The molecule has 2 aromatic carbocycles. The highest BCUT2D eigenvalue weighted by Crippen LogP contribution is 2.27. The van der Waals surface area contributed by atoms with Crippen LogP contribution in [0.5, 0.6) is 5.75 Å². The predicted octanol–water partition coefficient (Wildman–Crippen LogP) is 4.17. The molecule has 8 heteroatoms. The second kappa shape index (κ2) is 8.01. The molecule has 3 aromatic rings. The van der Waals surface area contributed by atoms with E-state index < -0.39 is 4.92 Å².